The third-order valence-electron chi connectivity index (χ3n) is 8.51. The third kappa shape index (κ3) is 3.25. The number of fused-ring (bicyclic) bond motifs is 9. The van der Waals surface area contributed by atoms with Gasteiger partial charge in [0.15, 0.2) is 5.78 Å². The number of hydrogen-bond acceptors (Lipinski definition) is 6. The number of nitrogens with zero attached hydrogens (tertiary/aromatic N) is 6. The first kappa shape index (κ1) is 20.5. The molecule has 1 fully saturated rings. The molecule has 2 bridgehead atoms. The summed E-state index contributed by atoms with van der Waals surface area (Å²) in [6, 6.07) is 7.97. The molecule has 1 aliphatic heterocycles. The summed E-state index contributed by atoms with van der Waals surface area (Å²) in [6.07, 6.45) is 6.54. The molecule has 3 aliphatic rings. The van der Waals surface area contributed by atoms with Crippen molar-refractivity contribution in [1.82, 2.24) is 24.5 Å². The number of carbonyl (C=O) groups excluding carboxylic acids is 2. The van der Waals surface area contributed by atoms with Crippen LogP contribution in [0, 0.1) is 6.57 Å². The molecule has 4 heterocycles. The van der Waals surface area contributed by atoms with Gasteiger partial charge in [-0.25, -0.2) is 21.1 Å². The molecule has 1 saturated carbocycles. The van der Waals surface area contributed by atoms with Crippen molar-refractivity contribution in [3.05, 3.63) is 94.1 Å². The fourth-order valence-corrected chi connectivity index (χ4v) is 6.79. The van der Waals surface area contributed by atoms with E-state index in [-0.39, 0.29) is 11.3 Å². The lowest BCUT2D eigenvalue weighted by molar-refractivity contribution is 0.0734. The molecule has 2 N–H and O–H groups in total. The molecule has 4 aromatic rings. The Bertz CT molecular complexity index is 1870. The van der Waals surface area contributed by atoms with E-state index in [0.29, 0.717) is 41.9 Å². The Kier molecular flexibility index (Phi) is 4.11. The minimum atomic E-state index is -2.70. The lowest BCUT2D eigenvalue weighted by atomic mass is 9.64. The summed E-state index contributed by atoms with van der Waals surface area (Å²) in [7, 11) is 0. The van der Waals surface area contributed by atoms with Gasteiger partial charge in [-0.2, -0.15) is 5.10 Å². The fraction of sp³-hybridized carbons (Fsp3) is 0.333. The second kappa shape index (κ2) is 7.80. The average Bonchev–Trinajstić information content (AvgIpc) is 3.44. The number of benzene rings is 1. The molecule has 1 amide bonds. The van der Waals surface area contributed by atoms with Gasteiger partial charge in [0, 0.05) is 64.8 Å². The molecule has 194 valence electrons. The maximum Gasteiger partial charge on any atom is 0.254 e. The molecule has 7 rings (SSSR count). The van der Waals surface area contributed by atoms with Crippen molar-refractivity contribution in [1.29, 1.82) is 0 Å². The molecular weight excluding hydrogens is 490 g/mol. The number of hydrogen-bond donors (Lipinski definition) is 1. The van der Waals surface area contributed by atoms with Crippen molar-refractivity contribution in [3.63, 3.8) is 0 Å². The van der Waals surface area contributed by atoms with Crippen LogP contribution in [0.4, 0.5) is 0 Å². The van der Waals surface area contributed by atoms with E-state index in [2.05, 4.69) is 14.8 Å². The Hall–Kier alpha value is -4.42. The standard InChI is InChI=1S/C30H27N7O2/c1-16(38)19-6-5-7-20-24(19)21-11-23(36(4)27(20)39)26-25(21)22-10-17(8-9-37(22)35-26)18-12-33-28(34-13-18)30(31)14-29(2,15-30)32-3/h5-10,12-13,21,23H,11,14-15,31H2,1-2,4H3/t21-,23-,29?,30?/m1/s1/i4D3. The molecule has 3 aromatic heterocycles. The average molecular weight is 521 g/mol. The van der Waals surface area contributed by atoms with Gasteiger partial charge in [-0.05, 0) is 42.7 Å². The largest absolute Gasteiger partial charge is 0.333 e. The van der Waals surface area contributed by atoms with Gasteiger partial charge in [-0.15, -0.1) is 0 Å². The number of aromatic nitrogens is 4. The van der Waals surface area contributed by atoms with E-state index in [1.165, 1.54) is 6.92 Å². The topological polar surface area (TPSA) is 111 Å². The van der Waals surface area contributed by atoms with Crippen LogP contribution in [-0.2, 0) is 5.54 Å². The molecule has 9 nitrogen and oxygen atoms in total. The van der Waals surface area contributed by atoms with Gasteiger partial charge in [0.05, 0.1) is 35.6 Å². The number of carbonyl (C=O) groups is 2. The van der Waals surface area contributed by atoms with Crippen LogP contribution in [0.1, 0.15) is 92.5 Å². The quantitative estimate of drug-likeness (QED) is 0.319. The third-order valence-corrected chi connectivity index (χ3v) is 8.51. The second-order valence-electron chi connectivity index (χ2n) is 11.3. The van der Waals surface area contributed by atoms with Crippen LogP contribution in [-0.4, -0.2) is 48.7 Å². The minimum Gasteiger partial charge on any atom is -0.333 e. The zero-order chi connectivity index (χ0) is 29.8. The zero-order valence-corrected chi connectivity index (χ0v) is 21.5. The van der Waals surface area contributed by atoms with Gasteiger partial charge in [0.25, 0.3) is 5.91 Å². The maximum absolute atomic E-state index is 13.7. The number of ketones is 1. The van der Waals surface area contributed by atoms with Crippen molar-refractivity contribution in [2.24, 2.45) is 5.73 Å². The molecule has 1 aromatic carbocycles. The van der Waals surface area contributed by atoms with Crippen LogP contribution in [0.15, 0.2) is 48.9 Å². The van der Waals surface area contributed by atoms with Crippen LogP contribution < -0.4 is 5.73 Å². The fourth-order valence-electron chi connectivity index (χ4n) is 6.79. The highest BCUT2D eigenvalue weighted by Crippen LogP contribution is 2.52. The van der Waals surface area contributed by atoms with E-state index < -0.39 is 35.9 Å². The van der Waals surface area contributed by atoms with Crippen molar-refractivity contribution in [3.8, 4) is 11.1 Å². The molecule has 2 aliphatic carbocycles. The van der Waals surface area contributed by atoms with Crippen LogP contribution >= 0.6 is 0 Å². The highest BCUT2D eigenvalue weighted by Gasteiger charge is 2.58. The van der Waals surface area contributed by atoms with Gasteiger partial charge in [-0.3, -0.25) is 9.59 Å². The summed E-state index contributed by atoms with van der Waals surface area (Å²) < 4.78 is 26.4. The van der Waals surface area contributed by atoms with Gasteiger partial charge in [0.1, 0.15) is 5.82 Å². The van der Waals surface area contributed by atoms with Gasteiger partial charge in [0.2, 0.25) is 5.54 Å². The van der Waals surface area contributed by atoms with Crippen molar-refractivity contribution in [2.75, 3.05) is 6.98 Å². The number of nitrogens with two attached hydrogens (primary N) is 1. The highest BCUT2D eigenvalue weighted by atomic mass is 16.2. The smallest absolute Gasteiger partial charge is 0.254 e. The molecule has 0 saturated heterocycles. The Labute approximate surface area is 229 Å². The van der Waals surface area contributed by atoms with E-state index in [9.17, 15) is 9.59 Å². The SMILES string of the molecule is [2H]C([2H])([2H])N1C(=O)c2cccc(C(C)=O)c2[C@H]2C[C@@H]1c1nn3ccc(-c4cnc(C5(N)CC(C)([N+]#[C-])C5)nc4)cc3c12. The van der Waals surface area contributed by atoms with E-state index in [0.717, 1.165) is 27.1 Å². The van der Waals surface area contributed by atoms with E-state index >= 15 is 0 Å². The van der Waals surface area contributed by atoms with E-state index in [4.69, 9.17) is 21.5 Å². The lowest BCUT2D eigenvalue weighted by Gasteiger charge is -2.43. The Morgan fingerprint density at radius 3 is 2.67 bits per heavy atom. The van der Waals surface area contributed by atoms with Crippen LogP contribution in [0.5, 0.6) is 0 Å². The number of pyridine rings is 1. The molecule has 9 heteroatoms. The Balaban J connectivity index is 1.35. The summed E-state index contributed by atoms with van der Waals surface area (Å²) in [4.78, 5) is 40.1. The number of Topliss-reactive ketones (excluding diaryl/α,β-unsaturated/α-hetero) is 1. The minimum absolute atomic E-state index is 0.192. The predicted octanol–water partition coefficient (Wildman–Crippen LogP) is 4.28. The van der Waals surface area contributed by atoms with Crippen molar-refractivity contribution < 1.29 is 13.7 Å². The molecule has 0 unspecified atom stereocenters. The lowest BCUT2D eigenvalue weighted by Crippen LogP contribution is -2.57. The Morgan fingerprint density at radius 1 is 1.21 bits per heavy atom. The van der Waals surface area contributed by atoms with Crippen LogP contribution in [0.25, 0.3) is 21.5 Å². The molecule has 0 radical (unpaired) electrons. The first-order chi connectivity index (χ1) is 19.8. The summed E-state index contributed by atoms with van der Waals surface area (Å²) in [6.45, 7) is 8.03. The van der Waals surface area contributed by atoms with Crippen molar-refractivity contribution >= 4 is 17.2 Å². The molecule has 39 heavy (non-hydrogen) atoms. The zero-order valence-electron chi connectivity index (χ0n) is 24.5. The first-order valence-corrected chi connectivity index (χ1v) is 12.8. The van der Waals surface area contributed by atoms with Gasteiger partial charge < -0.3 is 15.5 Å². The molecule has 2 atom stereocenters. The summed E-state index contributed by atoms with van der Waals surface area (Å²) in [5.74, 6) is -0.703. The van der Waals surface area contributed by atoms with Crippen LogP contribution in [0.3, 0.4) is 0 Å². The monoisotopic (exact) mass is 520 g/mol. The summed E-state index contributed by atoms with van der Waals surface area (Å²) in [5.41, 5.74) is 10.2. The number of amides is 1. The van der Waals surface area contributed by atoms with Gasteiger partial charge in [-0.1, -0.05) is 12.1 Å². The van der Waals surface area contributed by atoms with E-state index in [1.54, 1.807) is 41.3 Å². The Morgan fingerprint density at radius 2 is 1.97 bits per heavy atom. The summed E-state index contributed by atoms with van der Waals surface area (Å²) >= 11 is 0. The van der Waals surface area contributed by atoms with Crippen molar-refractivity contribution in [2.45, 2.75) is 56.1 Å². The summed E-state index contributed by atoms with van der Waals surface area (Å²) in [5, 5.41) is 4.76. The molecular formula is C30H27N7O2. The number of rotatable bonds is 3. The highest BCUT2D eigenvalue weighted by molar-refractivity contribution is 6.03. The predicted molar refractivity (Wildman–Crippen MR) is 144 cm³/mol. The normalized spacial score (nSPS) is 28.4. The second-order valence-corrected chi connectivity index (χ2v) is 11.3. The maximum atomic E-state index is 13.7. The van der Waals surface area contributed by atoms with Crippen LogP contribution in [0.2, 0.25) is 0 Å². The van der Waals surface area contributed by atoms with E-state index in [1.807, 2.05) is 19.1 Å². The van der Waals surface area contributed by atoms with Gasteiger partial charge >= 0.3 is 0 Å². The molecule has 0 spiro atoms. The first-order valence-electron chi connectivity index (χ1n) is 14.3.